The molecule has 0 spiro atoms. The van der Waals surface area contributed by atoms with Crippen molar-refractivity contribution in [1.29, 1.82) is 0 Å². The molecule has 0 rings (SSSR count). The molecule has 0 aliphatic rings. The second kappa shape index (κ2) is 41.5. The maximum Gasteiger partial charge on any atom is 0.303 e. The van der Waals surface area contributed by atoms with Gasteiger partial charge >= 0.3 is 11.9 Å². The maximum absolute atomic E-state index is 10.3. The Morgan fingerprint density at radius 3 is 0.854 bits per heavy atom. The normalized spacial score (nSPS) is 11.0. The number of aliphatic carboxylic acids is 2. The Kier molecular flexibility index (Phi) is 45.3. The van der Waals surface area contributed by atoms with E-state index in [9.17, 15) is 9.59 Å². The van der Waals surface area contributed by atoms with E-state index in [1.54, 1.807) is 0 Å². The van der Waals surface area contributed by atoms with Crippen LogP contribution in [0, 0.1) is 0 Å². The third kappa shape index (κ3) is 49.3. The van der Waals surface area contributed by atoms with Crippen LogP contribution in [0.1, 0.15) is 194 Å². The van der Waals surface area contributed by atoms with Crippen molar-refractivity contribution in [1.82, 2.24) is 0 Å². The number of unbranched alkanes of at least 4 members (excludes halogenated alkanes) is 22. The fraction of sp³-hybridized carbons (Fsp3) is 0.833. The molecule has 4 nitrogen and oxygen atoms in total. The standard InChI is InChI=1S/2C18H34O2.Cd/c2*1-2-3-4-5-6-7-8-9-10-11-12-13-14-15-16-17-18(19)20;/h2*9-10H,2-8,11-17H2,1H3,(H,19,20);/b2*10-9+;. The summed E-state index contributed by atoms with van der Waals surface area (Å²) in [4.78, 5) is 20.6. The molecule has 0 heterocycles. The molecule has 0 saturated carbocycles. The van der Waals surface area contributed by atoms with Gasteiger partial charge in [-0.1, -0.05) is 141 Å². The number of carboxylic acid groups (broad SMARTS) is 2. The van der Waals surface area contributed by atoms with E-state index < -0.39 is 11.9 Å². The van der Waals surface area contributed by atoms with Crippen molar-refractivity contribution in [2.45, 2.75) is 194 Å². The van der Waals surface area contributed by atoms with Crippen molar-refractivity contribution in [3.8, 4) is 0 Å². The van der Waals surface area contributed by atoms with Crippen LogP contribution >= 0.6 is 0 Å². The van der Waals surface area contributed by atoms with Crippen molar-refractivity contribution >= 4 is 11.9 Å². The topological polar surface area (TPSA) is 74.6 Å². The van der Waals surface area contributed by atoms with E-state index >= 15 is 0 Å². The molecule has 0 atom stereocenters. The molecule has 0 aromatic heterocycles. The van der Waals surface area contributed by atoms with Crippen molar-refractivity contribution < 1.29 is 47.1 Å². The fourth-order valence-corrected chi connectivity index (χ4v) is 4.69. The van der Waals surface area contributed by atoms with Gasteiger partial charge in [0.05, 0.1) is 0 Å². The van der Waals surface area contributed by atoms with Crippen LogP contribution in [-0.2, 0) is 36.9 Å². The van der Waals surface area contributed by atoms with E-state index in [-0.39, 0.29) is 27.3 Å². The van der Waals surface area contributed by atoms with Crippen LogP contribution < -0.4 is 0 Å². The predicted octanol–water partition coefficient (Wildman–Crippen LogP) is 12.2. The number of hydrogen-bond donors (Lipinski definition) is 2. The van der Waals surface area contributed by atoms with Gasteiger partial charge in [0.25, 0.3) is 0 Å². The van der Waals surface area contributed by atoms with Crippen molar-refractivity contribution in [2.75, 3.05) is 0 Å². The Bertz CT molecular complexity index is 524. The molecule has 0 bridgehead atoms. The van der Waals surface area contributed by atoms with Crippen LogP contribution in [0.25, 0.3) is 0 Å². The summed E-state index contributed by atoms with van der Waals surface area (Å²) in [6, 6.07) is 0. The minimum atomic E-state index is -0.664. The Morgan fingerprint density at radius 1 is 0.390 bits per heavy atom. The van der Waals surface area contributed by atoms with Gasteiger partial charge in [-0.3, -0.25) is 9.59 Å². The molecule has 0 radical (unpaired) electrons. The molecule has 0 amide bonds. The Morgan fingerprint density at radius 2 is 0.610 bits per heavy atom. The molecule has 0 unspecified atom stereocenters. The van der Waals surface area contributed by atoms with Crippen molar-refractivity contribution in [3.63, 3.8) is 0 Å². The van der Waals surface area contributed by atoms with E-state index in [1.807, 2.05) is 0 Å². The largest absolute Gasteiger partial charge is 0.481 e. The first-order valence-electron chi connectivity index (χ1n) is 17.3. The quantitative estimate of drug-likeness (QED) is 0.0451. The second-order valence-corrected chi connectivity index (χ2v) is 11.5. The van der Waals surface area contributed by atoms with Gasteiger partial charge in [0.2, 0.25) is 0 Å². The molecule has 0 saturated heterocycles. The zero-order chi connectivity index (χ0) is 29.8. The van der Waals surface area contributed by atoms with E-state index in [0.717, 1.165) is 25.7 Å². The number of carboxylic acids is 2. The molecule has 41 heavy (non-hydrogen) atoms. The minimum Gasteiger partial charge on any atom is -0.481 e. The second-order valence-electron chi connectivity index (χ2n) is 11.5. The molecule has 0 aromatic carbocycles. The molecule has 0 aromatic rings. The van der Waals surface area contributed by atoms with Crippen LogP contribution in [0.15, 0.2) is 24.3 Å². The van der Waals surface area contributed by atoms with Crippen LogP contribution in [0.3, 0.4) is 0 Å². The summed E-state index contributed by atoms with van der Waals surface area (Å²) in [6.45, 7) is 4.52. The van der Waals surface area contributed by atoms with E-state index in [4.69, 9.17) is 10.2 Å². The average molecular weight is 677 g/mol. The van der Waals surface area contributed by atoms with Gasteiger partial charge in [0.15, 0.2) is 0 Å². The SMILES string of the molecule is CCCCCCCC/C=C/CCCCCCCC(=O)O.CCCCCCCC/C=C/CCCCCCCC(=O)O.[Cd]. The van der Waals surface area contributed by atoms with Gasteiger partial charge in [-0.2, -0.15) is 0 Å². The van der Waals surface area contributed by atoms with E-state index in [1.165, 1.54) is 141 Å². The summed E-state index contributed by atoms with van der Waals surface area (Å²) in [6.07, 6.45) is 42.5. The summed E-state index contributed by atoms with van der Waals surface area (Å²) >= 11 is 0. The fourth-order valence-electron chi connectivity index (χ4n) is 4.69. The summed E-state index contributed by atoms with van der Waals surface area (Å²) in [5.41, 5.74) is 0. The smallest absolute Gasteiger partial charge is 0.303 e. The summed E-state index contributed by atoms with van der Waals surface area (Å²) in [5.74, 6) is -1.33. The third-order valence-corrected chi connectivity index (χ3v) is 7.30. The Labute approximate surface area is 275 Å². The first kappa shape index (κ1) is 44.8. The Balaban J connectivity index is -0.000000688. The number of allylic oxidation sites excluding steroid dienone is 4. The van der Waals surface area contributed by atoms with Crippen molar-refractivity contribution in [2.24, 2.45) is 0 Å². The first-order valence-corrected chi connectivity index (χ1v) is 17.3. The van der Waals surface area contributed by atoms with E-state index in [2.05, 4.69) is 38.2 Å². The molecule has 0 aliphatic carbocycles. The summed E-state index contributed by atoms with van der Waals surface area (Å²) in [5, 5.41) is 17.0. The predicted molar refractivity (Wildman–Crippen MR) is 174 cm³/mol. The molecule has 238 valence electrons. The van der Waals surface area contributed by atoms with Gasteiger partial charge < -0.3 is 10.2 Å². The van der Waals surface area contributed by atoms with Crippen LogP contribution in [0.5, 0.6) is 0 Å². The van der Waals surface area contributed by atoms with Gasteiger partial charge in [0.1, 0.15) is 0 Å². The molecular formula is C36H68CdO4. The Hall–Kier alpha value is -0.658. The van der Waals surface area contributed by atoms with Gasteiger partial charge in [-0.25, -0.2) is 0 Å². The number of rotatable bonds is 30. The summed E-state index contributed by atoms with van der Waals surface area (Å²) < 4.78 is 0. The van der Waals surface area contributed by atoms with Crippen LogP contribution in [-0.4, -0.2) is 22.2 Å². The minimum absolute atomic E-state index is 0. The van der Waals surface area contributed by atoms with Crippen molar-refractivity contribution in [3.05, 3.63) is 24.3 Å². The zero-order valence-corrected chi connectivity index (χ0v) is 31.6. The maximum atomic E-state index is 10.3. The van der Waals surface area contributed by atoms with Gasteiger partial charge in [-0.05, 0) is 64.2 Å². The van der Waals surface area contributed by atoms with Crippen LogP contribution in [0.2, 0.25) is 0 Å². The third-order valence-electron chi connectivity index (χ3n) is 7.30. The monoisotopic (exact) mass is 678 g/mol. The number of carbonyl (C=O) groups is 2. The van der Waals surface area contributed by atoms with Crippen LogP contribution in [0.4, 0.5) is 0 Å². The molecule has 0 aliphatic heterocycles. The molecular weight excluding hydrogens is 609 g/mol. The van der Waals surface area contributed by atoms with Gasteiger partial charge in [0, 0.05) is 40.1 Å². The van der Waals surface area contributed by atoms with Gasteiger partial charge in [-0.15, -0.1) is 0 Å². The zero-order valence-electron chi connectivity index (χ0n) is 27.5. The first-order chi connectivity index (χ1) is 19.5. The molecule has 5 heteroatoms. The summed E-state index contributed by atoms with van der Waals surface area (Å²) in [7, 11) is 0. The number of hydrogen-bond acceptors (Lipinski definition) is 2. The molecule has 2 N–H and O–H groups in total. The average Bonchev–Trinajstić information content (AvgIpc) is 2.93. The molecule has 0 fully saturated rings. The van der Waals surface area contributed by atoms with E-state index in [0.29, 0.717) is 12.8 Å².